The summed E-state index contributed by atoms with van der Waals surface area (Å²) >= 11 is 0. The minimum Gasteiger partial charge on any atom is -0.396 e. The number of carbonyl (C=O) groups excluding carboxylic acids is 1. The van der Waals surface area contributed by atoms with Crippen molar-refractivity contribution in [1.82, 2.24) is 0 Å². The van der Waals surface area contributed by atoms with Crippen LogP contribution in [-0.2, 0) is 23.7 Å². The minimum atomic E-state index is -0.368. The molecule has 0 saturated carbocycles. The second kappa shape index (κ2) is 11.0. The van der Waals surface area contributed by atoms with Crippen LogP contribution < -0.4 is 0 Å². The number of rotatable bonds is 5. The highest BCUT2D eigenvalue weighted by atomic mass is 16.7. The zero-order chi connectivity index (χ0) is 19.0. The van der Waals surface area contributed by atoms with Gasteiger partial charge >= 0.3 is 0 Å². The molecule has 8 nitrogen and oxygen atoms in total. The molecule has 0 aromatic rings. The van der Waals surface area contributed by atoms with Gasteiger partial charge in [0.25, 0.3) is 0 Å². The summed E-state index contributed by atoms with van der Waals surface area (Å²) < 4.78 is 23.0. The lowest BCUT2D eigenvalue weighted by Gasteiger charge is -2.44. The van der Waals surface area contributed by atoms with E-state index < -0.39 is 0 Å². The van der Waals surface area contributed by atoms with Crippen LogP contribution in [-0.4, -0.2) is 67.5 Å². The van der Waals surface area contributed by atoms with Gasteiger partial charge in [-0.2, -0.15) is 0 Å². The molecule has 146 valence electrons. The summed E-state index contributed by atoms with van der Waals surface area (Å²) in [6.45, 7) is 6.19. The van der Waals surface area contributed by atoms with E-state index in [9.17, 15) is 10.2 Å². The first kappa shape index (κ1) is 22.2. The average molecular weight is 361 g/mol. The molecule has 0 spiro atoms. The van der Waals surface area contributed by atoms with Crippen molar-refractivity contribution in [3.63, 3.8) is 0 Å². The third kappa shape index (κ3) is 6.11. The molecule has 2 rings (SSSR count). The Balaban J connectivity index is 0.000000970. The Hall–Kier alpha value is -0.860. The first-order chi connectivity index (χ1) is 11.9. The summed E-state index contributed by atoms with van der Waals surface area (Å²) in [5.41, 5.74) is 0. The fraction of sp³-hybridized carbons (Fsp3) is 0.941. The fourth-order valence-corrected chi connectivity index (χ4v) is 3.46. The lowest BCUT2D eigenvalue weighted by molar-refractivity contribution is -0.296. The molecule has 3 N–H and O–H groups in total. The lowest BCUT2D eigenvalue weighted by atomic mass is 9.85. The van der Waals surface area contributed by atoms with Crippen molar-refractivity contribution >= 4 is 6.08 Å². The first-order valence-corrected chi connectivity index (χ1v) is 8.66. The van der Waals surface area contributed by atoms with Crippen LogP contribution in [0, 0.1) is 23.2 Å². The second-order valence-electron chi connectivity index (χ2n) is 6.70. The predicted molar refractivity (Wildman–Crippen MR) is 88.5 cm³/mol. The number of nitrogens with one attached hydrogen (secondary N) is 1. The number of isocyanates is 1. The van der Waals surface area contributed by atoms with Gasteiger partial charge in [0.05, 0.1) is 18.3 Å². The summed E-state index contributed by atoms with van der Waals surface area (Å²) in [4.78, 5) is 8.35. The van der Waals surface area contributed by atoms with Gasteiger partial charge in [0, 0.05) is 39.1 Å². The Kier molecular flexibility index (Phi) is 9.74. The molecule has 0 aromatic carbocycles. The van der Waals surface area contributed by atoms with E-state index in [0.717, 1.165) is 6.08 Å². The lowest BCUT2D eigenvalue weighted by Crippen LogP contribution is -2.50. The van der Waals surface area contributed by atoms with Gasteiger partial charge in [-0.1, -0.05) is 6.92 Å². The van der Waals surface area contributed by atoms with E-state index in [-0.39, 0.29) is 55.9 Å². The van der Waals surface area contributed by atoms with Crippen LogP contribution in [0.15, 0.2) is 0 Å². The smallest absolute Gasteiger partial charge is 0.231 e. The van der Waals surface area contributed by atoms with Crippen molar-refractivity contribution in [3.05, 3.63) is 0 Å². The van der Waals surface area contributed by atoms with Crippen LogP contribution in [0.5, 0.6) is 0 Å². The molecule has 0 aromatic heterocycles. The highest BCUT2D eigenvalue weighted by molar-refractivity contribution is 5.26. The summed E-state index contributed by atoms with van der Waals surface area (Å²) in [5.74, 6) is 0.434. The normalized spacial score (nSPS) is 41.4. The molecule has 2 aliphatic rings. The van der Waals surface area contributed by atoms with Crippen molar-refractivity contribution in [2.24, 2.45) is 17.8 Å². The van der Waals surface area contributed by atoms with Crippen LogP contribution in [0.3, 0.4) is 0 Å². The Morgan fingerprint density at radius 3 is 2.08 bits per heavy atom. The third-order valence-electron chi connectivity index (χ3n) is 5.18. The van der Waals surface area contributed by atoms with E-state index in [0.29, 0.717) is 18.8 Å². The van der Waals surface area contributed by atoms with Crippen molar-refractivity contribution in [3.8, 4) is 0 Å². The molecular formula is C17H31NO7. The quantitative estimate of drug-likeness (QED) is 0.494. The Labute approximate surface area is 148 Å². The summed E-state index contributed by atoms with van der Waals surface area (Å²) in [6.07, 6.45) is 0.968. The van der Waals surface area contributed by atoms with E-state index in [4.69, 9.17) is 29.2 Å². The fourth-order valence-electron chi connectivity index (χ4n) is 3.46. The second-order valence-corrected chi connectivity index (χ2v) is 6.70. The molecular weight excluding hydrogens is 330 g/mol. The summed E-state index contributed by atoms with van der Waals surface area (Å²) in [7, 11) is 1.60. The molecule has 2 heterocycles. The van der Waals surface area contributed by atoms with Gasteiger partial charge in [-0.25, -0.2) is 10.2 Å². The van der Waals surface area contributed by atoms with Gasteiger partial charge in [-0.3, -0.25) is 0 Å². The highest BCUT2D eigenvalue weighted by Crippen LogP contribution is 2.34. The largest absolute Gasteiger partial charge is 0.396 e. The molecule has 25 heavy (non-hydrogen) atoms. The Morgan fingerprint density at radius 1 is 1.04 bits per heavy atom. The third-order valence-corrected chi connectivity index (χ3v) is 5.18. The van der Waals surface area contributed by atoms with Gasteiger partial charge in [0.1, 0.15) is 0 Å². The van der Waals surface area contributed by atoms with Crippen molar-refractivity contribution in [2.75, 3.05) is 20.3 Å². The number of aliphatic hydroxyl groups is 2. The van der Waals surface area contributed by atoms with Crippen molar-refractivity contribution < 1.29 is 34.0 Å². The van der Waals surface area contributed by atoms with E-state index in [1.54, 1.807) is 7.11 Å². The van der Waals surface area contributed by atoms with E-state index >= 15 is 0 Å². The number of methoxy groups -OCH3 is 1. The molecule has 8 atom stereocenters. The topological polar surface area (TPSA) is 118 Å². The maximum Gasteiger partial charge on any atom is 0.231 e. The maximum absolute atomic E-state index is 9.64. The highest BCUT2D eigenvalue weighted by Gasteiger charge is 2.41. The van der Waals surface area contributed by atoms with Crippen LogP contribution in [0.1, 0.15) is 33.6 Å². The average Bonchev–Trinajstić information content (AvgIpc) is 2.59. The molecule has 2 saturated heterocycles. The van der Waals surface area contributed by atoms with Gasteiger partial charge < -0.3 is 29.2 Å². The number of ether oxygens (including phenoxy) is 4. The van der Waals surface area contributed by atoms with E-state index in [1.165, 1.54) is 0 Å². The van der Waals surface area contributed by atoms with Crippen LogP contribution >= 0.6 is 0 Å². The summed E-state index contributed by atoms with van der Waals surface area (Å²) in [5, 5.41) is 24.6. The molecule has 0 radical (unpaired) electrons. The Bertz CT molecular complexity index is 416. The minimum absolute atomic E-state index is 0.0281. The van der Waals surface area contributed by atoms with Gasteiger partial charge in [-0.15, -0.1) is 0 Å². The first-order valence-electron chi connectivity index (χ1n) is 8.66. The van der Waals surface area contributed by atoms with Crippen LogP contribution in [0.2, 0.25) is 0 Å². The van der Waals surface area contributed by atoms with Gasteiger partial charge in [0.2, 0.25) is 6.08 Å². The van der Waals surface area contributed by atoms with E-state index in [1.807, 2.05) is 13.8 Å². The molecule has 0 aliphatic carbocycles. The monoisotopic (exact) mass is 361 g/mol. The van der Waals surface area contributed by atoms with Crippen molar-refractivity contribution in [2.45, 2.75) is 64.5 Å². The number of hydrogen-bond acceptors (Lipinski definition) is 8. The zero-order valence-corrected chi connectivity index (χ0v) is 15.4. The molecule has 8 heteroatoms. The number of hydrogen-bond donors (Lipinski definition) is 3. The zero-order valence-electron chi connectivity index (χ0n) is 15.4. The molecule has 2 fully saturated rings. The van der Waals surface area contributed by atoms with Gasteiger partial charge in [-0.05, 0) is 25.7 Å². The SMILES string of the molecule is COC1CC(CO)C(OC2CC(CO)C(C)C(C)O2)C(C)O1.N=C=O. The van der Waals surface area contributed by atoms with Crippen LogP contribution in [0.4, 0.5) is 0 Å². The Morgan fingerprint density at radius 2 is 1.56 bits per heavy atom. The maximum atomic E-state index is 9.64. The summed E-state index contributed by atoms with van der Waals surface area (Å²) in [6, 6.07) is 0. The molecule has 0 amide bonds. The van der Waals surface area contributed by atoms with Crippen molar-refractivity contribution in [1.29, 1.82) is 5.41 Å². The van der Waals surface area contributed by atoms with Crippen LogP contribution in [0.25, 0.3) is 0 Å². The van der Waals surface area contributed by atoms with Gasteiger partial charge in [0.15, 0.2) is 12.6 Å². The molecule has 2 aliphatic heterocycles. The molecule has 8 unspecified atom stereocenters. The van der Waals surface area contributed by atoms with E-state index in [2.05, 4.69) is 6.92 Å². The predicted octanol–water partition coefficient (Wildman–Crippen LogP) is 1.04. The number of aliphatic hydroxyl groups excluding tert-OH is 2. The molecule has 0 bridgehead atoms. The standard InChI is InChI=1S/C16H30O6.CHNO/c1-9-10(2)20-15(5-12(9)7-17)22-16-11(3)21-14(19-4)6-13(16)8-18;2-1-3/h9-18H,5-8H2,1-4H3;2H.